The van der Waals surface area contributed by atoms with Gasteiger partial charge in [-0.3, -0.25) is 9.48 Å². The Hall–Kier alpha value is -1.57. The number of halogens is 1. The molecule has 1 amide bonds. The molecule has 0 spiro atoms. The average Bonchev–Trinajstić information content (AvgIpc) is 2.75. The van der Waals surface area contributed by atoms with Crippen LogP contribution in [0.1, 0.15) is 0 Å². The number of nitrogens with zero attached hydrogens (tertiary/aromatic N) is 2. The molecule has 0 saturated carbocycles. The van der Waals surface area contributed by atoms with Gasteiger partial charge in [0, 0.05) is 11.9 Å². The summed E-state index contributed by atoms with van der Waals surface area (Å²) in [6, 6.07) is 7.19. The number of nitrogens with one attached hydrogen (secondary N) is 1. The summed E-state index contributed by atoms with van der Waals surface area (Å²) < 4.78 is 7.65. The lowest BCUT2D eigenvalue weighted by atomic mass is 10.3. The SMILES string of the molecule is COc1ccc(NC(=O)Cn2cc(I)cn2)cc1. The average molecular weight is 357 g/mol. The van der Waals surface area contributed by atoms with Crippen LogP contribution in [0.15, 0.2) is 36.7 Å². The highest BCUT2D eigenvalue weighted by atomic mass is 127. The van der Waals surface area contributed by atoms with Crippen LogP contribution in [0.5, 0.6) is 5.75 Å². The minimum Gasteiger partial charge on any atom is -0.497 e. The highest BCUT2D eigenvalue weighted by molar-refractivity contribution is 14.1. The van der Waals surface area contributed by atoms with Gasteiger partial charge in [0.1, 0.15) is 12.3 Å². The first-order valence-corrected chi connectivity index (χ1v) is 6.37. The number of benzene rings is 1. The second-order valence-corrected chi connectivity index (χ2v) is 4.88. The van der Waals surface area contributed by atoms with Gasteiger partial charge in [0.2, 0.25) is 5.91 Å². The minimum absolute atomic E-state index is 0.111. The van der Waals surface area contributed by atoms with Gasteiger partial charge in [0.25, 0.3) is 0 Å². The van der Waals surface area contributed by atoms with Crippen molar-refractivity contribution < 1.29 is 9.53 Å². The van der Waals surface area contributed by atoms with Crippen LogP contribution in [0.2, 0.25) is 0 Å². The van der Waals surface area contributed by atoms with Gasteiger partial charge >= 0.3 is 0 Å². The number of rotatable bonds is 4. The molecule has 1 aromatic carbocycles. The predicted molar refractivity (Wildman–Crippen MR) is 76.6 cm³/mol. The smallest absolute Gasteiger partial charge is 0.246 e. The quantitative estimate of drug-likeness (QED) is 0.854. The summed E-state index contributed by atoms with van der Waals surface area (Å²) in [6.45, 7) is 0.203. The minimum atomic E-state index is -0.111. The van der Waals surface area contributed by atoms with Crippen molar-refractivity contribution in [1.82, 2.24) is 9.78 Å². The fourth-order valence-corrected chi connectivity index (χ4v) is 1.89. The van der Waals surface area contributed by atoms with E-state index in [1.54, 1.807) is 42.3 Å². The molecule has 0 atom stereocenters. The Morgan fingerprint density at radius 2 is 2.17 bits per heavy atom. The van der Waals surface area contributed by atoms with E-state index in [9.17, 15) is 4.79 Å². The standard InChI is InChI=1S/C12H12IN3O2/c1-18-11-4-2-10(3-5-11)15-12(17)8-16-7-9(13)6-14-16/h2-7H,8H2,1H3,(H,15,17). The number of ether oxygens (including phenoxy) is 1. The van der Waals surface area contributed by atoms with E-state index in [1.807, 2.05) is 6.20 Å². The molecule has 2 rings (SSSR count). The topological polar surface area (TPSA) is 56.1 Å². The van der Waals surface area contributed by atoms with Crippen LogP contribution in [-0.2, 0) is 11.3 Å². The molecule has 0 aliphatic carbocycles. The lowest BCUT2D eigenvalue weighted by Crippen LogP contribution is -2.18. The summed E-state index contributed by atoms with van der Waals surface area (Å²) in [5, 5.41) is 6.85. The first-order valence-electron chi connectivity index (χ1n) is 5.29. The van der Waals surface area contributed by atoms with Crippen molar-refractivity contribution in [1.29, 1.82) is 0 Å². The molecular formula is C12H12IN3O2. The summed E-state index contributed by atoms with van der Waals surface area (Å²) in [5.41, 5.74) is 0.739. The molecular weight excluding hydrogens is 345 g/mol. The van der Waals surface area contributed by atoms with E-state index in [1.165, 1.54) is 0 Å². The fourth-order valence-electron chi connectivity index (χ4n) is 1.45. The summed E-state index contributed by atoms with van der Waals surface area (Å²) in [7, 11) is 1.60. The van der Waals surface area contributed by atoms with Gasteiger partial charge < -0.3 is 10.1 Å². The zero-order chi connectivity index (χ0) is 13.0. The van der Waals surface area contributed by atoms with Crippen LogP contribution in [0, 0.1) is 3.57 Å². The third kappa shape index (κ3) is 3.46. The second kappa shape index (κ2) is 5.85. The number of methoxy groups -OCH3 is 1. The molecule has 1 aromatic heterocycles. The monoisotopic (exact) mass is 357 g/mol. The van der Waals surface area contributed by atoms with E-state index in [2.05, 4.69) is 33.0 Å². The molecule has 0 radical (unpaired) electrons. The Labute approximate surface area is 118 Å². The van der Waals surface area contributed by atoms with Gasteiger partial charge in [-0.25, -0.2) is 0 Å². The number of carbonyl (C=O) groups excluding carboxylic acids is 1. The molecule has 2 aromatic rings. The number of anilines is 1. The summed E-state index contributed by atoms with van der Waals surface area (Å²) >= 11 is 2.15. The third-order valence-corrected chi connectivity index (χ3v) is 2.84. The first kappa shape index (κ1) is 12.9. The Bertz CT molecular complexity index is 537. The molecule has 0 fully saturated rings. The van der Waals surface area contributed by atoms with Crippen LogP contribution >= 0.6 is 22.6 Å². The van der Waals surface area contributed by atoms with Crippen molar-refractivity contribution in [3.63, 3.8) is 0 Å². The molecule has 6 heteroatoms. The van der Waals surface area contributed by atoms with Gasteiger partial charge in [-0.05, 0) is 46.9 Å². The van der Waals surface area contributed by atoms with E-state index in [4.69, 9.17) is 4.74 Å². The molecule has 1 heterocycles. The van der Waals surface area contributed by atoms with Crippen LogP contribution in [0.25, 0.3) is 0 Å². The van der Waals surface area contributed by atoms with E-state index in [-0.39, 0.29) is 12.5 Å². The summed E-state index contributed by atoms with van der Waals surface area (Å²) in [4.78, 5) is 11.7. The Kier molecular flexibility index (Phi) is 4.19. The van der Waals surface area contributed by atoms with Crippen LogP contribution in [-0.4, -0.2) is 22.8 Å². The molecule has 0 aliphatic heterocycles. The van der Waals surface area contributed by atoms with Crippen molar-refractivity contribution in [2.24, 2.45) is 0 Å². The molecule has 0 aliphatic rings. The molecule has 0 bridgehead atoms. The number of carbonyl (C=O) groups is 1. The molecule has 1 N–H and O–H groups in total. The first-order chi connectivity index (χ1) is 8.67. The van der Waals surface area contributed by atoms with Gasteiger partial charge in [-0.15, -0.1) is 0 Å². The highest BCUT2D eigenvalue weighted by Gasteiger charge is 2.04. The number of hydrogen-bond acceptors (Lipinski definition) is 3. The van der Waals surface area contributed by atoms with Gasteiger partial charge in [-0.2, -0.15) is 5.10 Å². The lowest BCUT2D eigenvalue weighted by molar-refractivity contribution is -0.116. The third-order valence-electron chi connectivity index (χ3n) is 2.28. The van der Waals surface area contributed by atoms with Crippen molar-refractivity contribution in [2.75, 3.05) is 12.4 Å². The van der Waals surface area contributed by atoms with Crippen molar-refractivity contribution >= 4 is 34.2 Å². The second-order valence-electron chi connectivity index (χ2n) is 3.63. The molecule has 18 heavy (non-hydrogen) atoms. The zero-order valence-corrected chi connectivity index (χ0v) is 11.9. The molecule has 5 nitrogen and oxygen atoms in total. The molecule has 0 unspecified atom stereocenters. The predicted octanol–water partition coefficient (Wildman–Crippen LogP) is 2.13. The van der Waals surface area contributed by atoms with Gasteiger partial charge in [-0.1, -0.05) is 0 Å². The number of hydrogen-bond donors (Lipinski definition) is 1. The van der Waals surface area contributed by atoms with E-state index >= 15 is 0 Å². The summed E-state index contributed by atoms with van der Waals surface area (Å²) in [5.74, 6) is 0.647. The van der Waals surface area contributed by atoms with E-state index < -0.39 is 0 Å². The van der Waals surface area contributed by atoms with Crippen LogP contribution in [0.4, 0.5) is 5.69 Å². The maximum Gasteiger partial charge on any atom is 0.246 e. The maximum absolute atomic E-state index is 11.7. The van der Waals surface area contributed by atoms with Crippen molar-refractivity contribution in [2.45, 2.75) is 6.54 Å². The normalized spacial score (nSPS) is 10.1. The van der Waals surface area contributed by atoms with Crippen molar-refractivity contribution in [3.8, 4) is 5.75 Å². The fraction of sp³-hybridized carbons (Fsp3) is 0.167. The largest absolute Gasteiger partial charge is 0.497 e. The van der Waals surface area contributed by atoms with Gasteiger partial charge in [0.15, 0.2) is 0 Å². The zero-order valence-electron chi connectivity index (χ0n) is 9.76. The highest BCUT2D eigenvalue weighted by Crippen LogP contribution is 2.14. The Morgan fingerprint density at radius 1 is 1.44 bits per heavy atom. The molecule has 0 saturated heterocycles. The van der Waals surface area contributed by atoms with Gasteiger partial charge in [0.05, 0.1) is 16.9 Å². The van der Waals surface area contributed by atoms with E-state index in [0.717, 1.165) is 15.0 Å². The molecule has 94 valence electrons. The van der Waals surface area contributed by atoms with Crippen LogP contribution < -0.4 is 10.1 Å². The lowest BCUT2D eigenvalue weighted by Gasteiger charge is -2.06. The Balaban J connectivity index is 1.94. The number of aromatic nitrogens is 2. The summed E-state index contributed by atoms with van der Waals surface area (Å²) in [6.07, 6.45) is 3.52. The van der Waals surface area contributed by atoms with Crippen molar-refractivity contribution in [3.05, 3.63) is 40.2 Å². The Morgan fingerprint density at radius 3 is 2.72 bits per heavy atom. The van der Waals surface area contributed by atoms with Crippen LogP contribution in [0.3, 0.4) is 0 Å². The van der Waals surface area contributed by atoms with E-state index in [0.29, 0.717) is 0 Å². The number of amides is 1. The maximum atomic E-state index is 11.7.